The van der Waals surface area contributed by atoms with Gasteiger partial charge in [-0.1, -0.05) is 74.5 Å². The van der Waals surface area contributed by atoms with Crippen LogP contribution in [-0.2, 0) is 6.42 Å². The van der Waals surface area contributed by atoms with E-state index < -0.39 is 5.97 Å². The summed E-state index contributed by atoms with van der Waals surface area (Å²) in [6.45, 7) is 4.40. The maximum absolute atomic E-state index is 11.9. The van der Waals surface area contributed by atoms with Crippen molar-refractivity contribution in [2.75, 3.05) is 5.32 Å². The molecule has 2 aliphatic rings. The maximum Gasteiger partial charge on any atom is 0.337 e. The van der Waals surface area contributed by atoms with E-state index in [-0.39, 0.29) is 12.0 Å². The number of anilines is 1. The molecule has 2 N–H and O–H groups in total. The zero-order valence-corrected chi connectivity index (χ0v) is 16.7. The van der Waals surface area contributed by atoms with Gasteiger partial charge in [-0.3, -0.25) is 0 Å². The van der Waals surface area contributed by atoms with Crippen LogP contribution in [0.3, 0.4) is 0 Å². The third-order valence-electron chi connectivity index (χ3n) is 6.63. The molecule has 5 rings (SSSR count). The quantitative estimate of drug-likeness (QED) is 0.585. The lowest BCUT2D eigenvalue weighted by molar-refractivity contribution is 0.0697. The van der Waals surface area contributed by atoms with Gasteiger partial charge in [0.2, 0.25) is 0 Å². The highest BCUT2D eigenvalue weighted by Crippen LogP contribution is 2.54. The molecule has 3 atom stereocenters. The molecule has 146 valence electrons. The molecule has 1 aliphatic carbocycles. The summed E-state index contributed by atoms with van der Waals surface area (Å²) in [5, 5.41) is 13.4. The standard InChI is InChI=1S/C26H25NO2/c1-15(2)16-10-12-17(13-11-16)24-22-14-18-6-3-4-7-19(18)23(22)20-8-5-9-21(26(28)29)25(20)27-24/h3-13,15,22-24,27H,14H2,1-2H3,(H,28,29)/t22-,23+,24+/m1/s1. The van der Waals surface area contributed by atoms with Crippen LogP contribution in [0, 0.1) is 5.92 Å². The molecule has 0 radical (unpaired) electrons. The van der Waals surface area contributed by atoms with Gasteiger partial charge >= 0.3 is 5.97 Å². The highest BCUT2D eigenvalue weighted by Gasteiger charge is 2.44. The Balaban J connectivity index is 1.66. The fraction of sp³-hybridized carbons (Fsp3) is 0.269. The predicted molar refractivity (Wildman–Crippen MR) is 116 cm³/mol. The summed E-state index contributed by atoms with van der Waals surface area (Å²) < 4.78 is 0. The minimum Gasteiger partial charge on any atom is -0.478 e. The Bertz CT molecular complexity index is 1080. The van der Waals surface area contributed by atoms with E-state index in [0.717, 1.165) is 17.7 Å². The van der Waals surface area contributed by atoms with Crippen LogP contribution in [-0.4, -0.2) is 11.1 Å². The molecule has 1 aliphatic heterocycles. The molecule has 0 unspecified atom stereocenters. The number of rotatable bonds is 3. The molecule has 0 fully saturated rings. The molecular formula is C26H25NO2. The van der Waals surface area contributed by atoms with E-state index in [2.05, 4.69) is 73.8 Å². The Kier molecular flexibility index (Phi) is 4.20. The second-order valence-corrected chi connectivity index (χ2v) is 8.56. The molecule has 0 aromatic heterocycles. The van der Waals surface area contributed by atoms with Crippen molar-refractivity contribution in [3.63, 3.8) is 0 Å². The summed E-state index contributed by atoms with van der Waals surface area (Å²) in [7, 11) is 0. The van der Waals surface area contributed by atoms with Crippen molar-refractivity contribution in [1.82, 2.24) is 0 Å². The van der Waals surface area contributed by atoms with Crippen LogP contribution in [0.15, 0.2) is 66.7 Å². The minimum absolute atomic E-state index is 0.0848. The smallest absolute Gasteiger partial charge is 0.337 e. The Labute approximate surface area is 171 Å². The molecule has 0 saturated heterocycles. The Morgan fingerprint density at radius 3 is 2.41 bits per heavy atom. The summed E-state index contributed by atoms with van der Waals surface area (Å²) >= 11 is 0. The van der Waals surface area contributed by atoms with Crippen LogP contribution in [0.1, 0.15) is 69.9 Å². The zero-order valence-electron chi connectivity index (χ0n) is 16.7. The van der Waals surface area contributed by atoms with Crippen molar-refractivity contribution in [2.24, 2.45) is 5.92 Å². The van der Waals surface area contributed by atoms with E-state index in [4.69, 9.17) is 0 Å². The molecule has 1 heterocycles. The van der Waals surface area contributed by atoms with Gasteiger partial charge in [0, 0.05) is 5.92 Å². The van der Waals surface area contributed by atoms with Gasteiger partial charge in [0.1, 0.15) is 0 Å². The lowest BCUT2D eigenvalue weighted by atomic mass is 9.75. The molecule has 29 heavy (non-hydrogen) atoms. The van der Waals surface area contributed by atoms with E-state index in [1.807, 2.05) is 6.07 Å². The van der Waals surface area contributed by atoms with Crippen LogP contribution in [0.4, 0.5) is 5.69 Å². The number of fused-ring (bicyclic) bond motifs is 5. The van der Waals surface area contributed by atoms with Crippen LogP contribution in [0.2, 0.25) is 0 Å². The summed E-state index contributed by atoms with van der Waals surface area (Å²) in [6.07, 6.45) is 1.00. The number of hydrogen-bond donors (Lipinski definition) is 2. The first-order valence-electron chi connectivity index (χ1n) is 10.3. The molecule has 3 aromatic carbocycles. The summed E-state index contributed by atoms with van der Waals surface area (Å²) in [5.41, 5.74) is 7.50. The number of nitrogens with one attached hydrogen (secondary N) is 1. The van der Waals surface area contributed by atoms with Gasteiger partial charge in [0.15, 0.2) is 0 Å². The topological polar surface area (TPSA) is 49.3 Å². The van der Waals surface area contributed by atoms with Gasteiger partial charge in [-0.15, -0.1) is 0 Å². The van der Waals surface area contributed by atoms with Gasteiger partial charge in [0.05, 0.1) is 17.3 Å². The van der Waals surface area contributed by atoms with E-state index in [9.17, 15) is 9.90 Å². The number of carbonyl (C=O) groups is 1. The Morgan fingerprint density at radius 2 is 1.69 bits per heavy atom. The summed E-state index contributed by atoms with van der Waals surface area (Å²) in [5.74, 6) is 0.199. The van der Waals surface area contributed by atoms with Crippen LogP contribution in [0.5, 0.6) is 0 Å². The molecule has 0 saturated carbocycles. The first-order chi connectivity index (χ1) is 14.0. The fourth-order valence-corrected chi connectivity index (χ4v) is 5.18. The van der Waals surface area contributed by atoms with Gasteiger partial charge in [-0.2, -0.15) is 0 Å². The third-order valence-corrected chi connectivity index (χ3v) is 6.63. The second kappa shape index (κ2) is 6.77. The highest BCUT2D eigenvalue weighted by molar-refractivity contribution is 5.96. The van der Waals surface area contributed by atoms with Gasteiger partial charge < -0.3 is 10.4 Å². The predicted octanol–water partition coefficient (Wildman–Crippen LogP) is 5.98. The highest BCUT2D eigenvalue weighted by atomic mass is 16.4. The number of carboxylic acids is 1. The van der Waals surface area contributed by atoms with Crippen LogP contribution < -0.4 is 5.32 Å². The zero-order chi connectivity index (χ0) is 20.1. The third kappa shape index (κ3) is 2.84. The SMILES string of the molecule is CC(C)c1ccc([C@@H]2Nc3c(C(=O)O)cccc3[C@@H]3c4ccccc4C[C@H]32)cc1. The van der Waals surface area contributed by atoms with Gasteiger partial charge in [-0.05, 0) is 52.1 Å². The largest absolute Gasteiger partial charge is 0.478 e. The number of carboxylic acid groups (broad SMARTS) is 1. The van der Waals surface area contributed by atoms with E-state index in [1.54, 1.807) is 6.07 Å². The summed E-state index contributed by atoms with van der Waals surface area (Å²) in [4.78, 5) is 11.9. The molecule has 3 aromatic rings. The Hall–Kier alpha value is -3.07. The average molecular weight is 383 g/mol. The van der Waals surface area contributed by atoms with Crippen molar-refractivity contribution in [1.29, 1.82) is 0 Å². The normalized spacial score (nSPS) is 21.8. The number of para-hydroxylation sites is 1. The van der Waals surface area contributed by atoms with Gasteiger partial charge in [0.25, 0.3) is 0 Å². The fourth-order valence-electron chi connectivity index (χ4n) is 5.18. The lowest BCUT2D eigenvalue weighted by Crippen LogP contribution is -2.31. The van der Waals surface area contributed by atoms with Gasteiger partial charge in [-0.25, -0.2) is 4.79 Å². The minimum atomic E-state index is -0.881. The molecule has 0 spiro atoms. The van der Waals surface area contributed by atoms with Crippen molar-refractivity contribution in [3.8, 4) is 0 Å². The first kappa shape index (κ1) is 18.0. The molecule has 3 heteroatoms. The van der Waals surface area contributed by atoms with Crippen LogP contribution in [0.25, 0.3) is 0 Å². The molecule has 3 nitrogen and oxygen atoms in total. The maximum atomic E-state index is 11.9. The molecular weight excluding hydrogens is 358 g/mol. The van der Waals surface area contributed by atoms with E-state index in [0.29, 0.717) is 17.4 Å². The second-order valence-electron chi connectivity index (χ2n) is 8.56. The summed E-state index contributed by atoms with van der Waals surface area (Å²) in [6, 6.07) is 23.2. The van der Waals surface area contributed by atoms with E-state index >= 15 is 0 Å². The number of aromatic carboxylic acids is 1. The van der Waals surface area contributed by atoms with Crippen molar-refractivity contribution < 1.29 is 9.90 Å². The van der Waals surface area contributed by atoms with Crippen LogP contribution >= 0.6 is 0 Å². The molecule has 0 amide bonds. The van der Waals surface area contributed by atoms with Crippen molar-refractivity contribution in [2.45, 2.75) is 38.1 Å². The first-order valence-corrected chi connectivity index (χ1v) is 10.3. The monoisotopic (exact) mass is 383 g/mol. The lowest BCUT2D eigenvalue weighted by Gasteiger charge is -2.38. The number of benzene rings is 3. The Morgan fingerprint density at radius 1 is 0.966 bits per heavy atom. The van der Waals surface area contributed by atoms with E-state index in [1.165, 1.54) is 22.3 Å². The number of hydrogen-bond acceptors (Lipinski definition) is 2. The van der Waals surface area contributed by atoms with Crippen molar-refractivity contribution in [3.05, 3.63) is 100 Å². The average Bonchev–Trinajstić information content (AvgIpc) is 3.12. The molecule has 0 bridgehead atoms. The van der Waals surface area contributed by atoms with Crippen molar-refractivity contribution >= 4 is 11.7 Å².